The maximum Gasteiger partial charge on any atom is 0.238 e. The van der Waals surface area contributed by atoms with Crippen LogP contribution in [0.25, 0.3) is 0 Å². The Bertz CT molecular complexity index is 823. The molecule has 1 amide bonds. The number of carbonyl (C=O) groups excluding carboxylic acids is 1. The predicted octanol–water partition coefficient (Wildman–Crippen LogP) is 0.543. The van der Waals surface area contributed by atoms with Gasteiger partial charge >= 0.3 is 0 Å². The zero-order valence-electron chi connectivity index (χ0n) is 13.3. The van der Waals surface area contributed by atoms with Gasteiger partial charge in [0.1, 0.15) is 0 Å². The van der Waals surface area contributed by atoms with Crippen LogP contribution in [0.2, 0.25) is 0 Å². The van der Waals surface area contributed by atoms with E-state index in [0.29, 0.717) is 6.54 Å². The first kappa shape index (κ1) is 17.2. The topological polar surface area (TPSA) is 107 Å². The van der Waals surface area contributed by atoms with E-state index in [-0.39, 0.29) is 17.2 Å². The zero-order chi connectivity index (χ0) is 17.2. The van der Waals surface area contributed by atoms with Crippen molar-refractivity contribution >= 4 is 15.9 Å². The van der Waals surface area contributed by atoms with Gasteiger partial charge in [-0.05, 0) is 31.5 Å². The summed E-state index contributed by atoms with van der Waals surface area (Å²) in [6, 6.07) is 6.10. The highest BCUT2D eigenvalue weighted by Gasteiger charge is 2.13. The van der Waals surface area contributed by atoms with Crippen LogP contribution in [0, 0.1) is 13.8 Å². The van der Waals surface area contributed by atoms with E-state index in [9.17, 15) is 13.2 Å². The number of nitrogens with two attached hydrogens (primary N) is 1. The third-order valence-corrected chi connectivity index (χ3v) is 4.67. The van der Waals surface area contributed by atoms with Gasteiger partial charge in [-0.15, -0.1) is 0 Å². The van der Waals surface area contributed by atoms with E-state index in [0.717, 1.165) is 22.5 Å². The molecule has 0 saturated carbocycles. The Morgan fingerprint density at radius 1 is 1.26 bits per heavy atom. The van der Waals surface area contributed by atoms with Gasteiger partial charge < -0.3 is 5.32 Å². The van der Waals surface area contributed by atoms with Gasteiger partial charge in [0.25, 0.3) is 0 Å². The van der Waals surface area contributed by atoms with Crippen LogP contribution in [0.3, 0.4) is 0 Å². The van der Waals surface area contributed by atoms with Gasteiger partial charge in [-0.2, -0.15) is 5.10 Å². The third kappa shape index (κ3) is 4.17. The Balaban J connectivity index is 1.97. The van der Waals surface area contributed by atoms with Crippen molar-refractivity contribution in [3.8, 4) is 0 Å². The van der Waals surface area contributed by atoms with Crippen LogP contribution in [0.1, 0.15) is 22.5 Å². The number of rotatable bonds is 5. The van der Waals surface area contributed by atoms with Gasteiger partial charge in [0.2, 0.25) is 15.9 Å². The molecule has 0 fully saturated rings. The van der Waals surface area contributed by atoms with Crippen LogP contribution in [0.5, 0.6) is 0 Å². The van der Waals surface area contributed by atoms with Gasteiger partial charge in [-0.1, -0.05) is 12.1 Å². The number of amides is 1. The number of primary sulfonamides is 1. The fourth-order valence-corrected chi connectivity index (χ4v) is 2.81. The van der Waals surface area contributed by atoms with E-state index in [1.165, 1.54) is 12.1 Å². The first-order chi connectivity index (χ1) is 10.7. The molecule has 0 unspecified atom stereocenters. The van der Waals surface area contributed by atoms with Crippen molar-refractivity contribution in [1.29, 1.82) is 0 Å². The largest absolute Gasteiger partial charge is 0.352 e. The summed E-state index contributed by atoms with van der Waals surface area (Å²) in [5.74, 6) is -0.111. The van der Waals surface area contributed by atoms with Crippen LogP contribution < -0.4 is 10.5 Å². The smallest absolute Gasteiger partial charge is 0.238 e. The molecule has 0 aliphatic heterocycles. The lowest BCUT2D eigenvalue weighted by molar-refractivity contribution is -0.120. The fraction of sp³-hybridized carbons (Fsp3) is 0.333. The van der Waals surface area contributed by atoms with Gasteiger partial charge in [-0.3, -0.25) is 9.48 Å². The molecule has 3 N–H and O–H groups in total. The Morgan fingerprint density at radius 2 is 1.87 bits per heavy atom. The minimum atomic E-state index is -3.70. The van der Waals surface area contributed by atoms with Crippen molar-refractivity contribution < 1.29 is 13.2 Å². The van der Waals surface area contributed by atoms with Crippen LogP contribution in [0.15, 0.2) is 29.2 Å². The predicted molar refractivity (Wildman–Crippen MR) is 86.0 cm³/mol. The average Bonchev–Trinajstić information content (AvgIpc) is 2.71. The molecule has 7 nitrogen and oxygen atoms in total. The average molecular weight is 336 g/mol. The number of aryl methyl sites for hydroxylation is 2. The van der Waals surface area contributed by atoms with Crippen LogP contribution >= 0.6 is 0 Å². The summed E-state index contributed by atoms with van der Waals surface area (Å²) >= 11 is 0. The first-order valence-corrected chi connectivity index (χ1v) is 8.60. The molecular weight excluding hydrogens is 316 g/mol. The summed E-state index contributed by atoms with van der Waals surface area (Å²) in [6.07, 6.45) is 0.265. The summed E-state index contributed by atoms with van der Waals surface area (Å²) in [5, 5.41) is 12.1. The number of sulfonamides is 1. The van der Waals surface area contributed by atoms with Gasteiger partial charge in [-0.25, -0.2) is 13.6 Å². The molecule has 0 atom stereocenters. The highest BCUT2D eigenvalue weighted by molar-refractivity contribution is 7.89. The molecule has 2 aromatic rings. The summed E-state index contributed by atoms with van der Waals surface area (Å²) in [7, 11) is -1.85. The van der Waals surface area contributed by atoms with E-state index in [1.807, 2.05) is 20.9 Å². The number of nitrogens with one attached hydrogen (secondary N) is 1. The molecule has 1 aromatic carbocycles. The SMILES string of the molecule is Cc1nn(C)c(C)c1CC(=O)NCc1ccc(S(N)(=O)=O)cc1. The quantitative estimate of drug-likeness (QED) is 0.831. The molecule has 23 heavy (non-hydrogen) atoms. The second-order valence-electron chi connectivity index (χ2n) is 5.42. The molecular formula is C15H20N4O3S. The van der Waals surface area contributed by atoms with E-state index in [2.05, 4.69) is 10.4 Å². The van der Waals surface area contributed by atoms with Crippen LogP contribution in [0.4, 0.5) is 0 Å². The van der Waals surface area contributed by atoms with Crippen molar-refractivity contribution in [2.75, 3.05) is 0 Å². The molecule has 0 bridgehead atoms. The molecule has 124 valence electrons. The van der Waals surface area contributed by atoms with E-state index >= 15 is 0 Å². The molecule has 8 heteroatoms. The Hall–Kier alpha value is -2.19. The summed E-state index contributed by atoms with van der Waals surface area (Å²) in [4.78, 5) is 12.1. The number of hydrogen-bond acceptors (Lipinski definition) is 4. The second-order valence-corrected chi connectivity index (χ2v) is 6.98. The van der Waals surface area contributed by atoms with Gasteiger partial charge in [0, 0.05) is 24.8 Å². The monoisotopic (exact) mass is 336 g/mol. The van der Waals surface area contributed by atoms with E-state index in [4.69, 9.17) is 5.14 Å². The molecule has 1 heterocycles. The zero-order valence-corrected chi connectivity index (χ0v) is 14.1. The summed E-state index contributed by atoms with van der Waals surface area (Å²) in [6.45, 7) is 4.12. The highest BCUT2D eigenvalue weighted by Crippen LogP contribution is 2.13. The number of aromatic nitrogens is 2. The Morgan fingerprint density at radius 3 is 2.35 bits per heavy atom. The molecule has 0 aliphatic rings. The third-order valence-electron chi connectivity index (χ3n) is 3.74. The van der Waals surface area contributed by atoms with Crippen molar-refractivity contribution in [2.24, 2.45) is 12.2 Å². The molecule has 1 aromatic heterocycles. The Labute approximate surface area is 135 Å². The number of benzene rings is 1. The summed E-state index contributed by atoms with van der Waals surface area (Å²) < 4.78 is 24.1. The lowest BCUT2D eigenvalue weighted by atomic mass is 10.1. The van der Waals surface area contributed by atoms with Crippen LogP contribution in [-0.2, 0) is 34.8 Å². The molecule has 0 saturated heterocycles. The fourth-order valence-electron chi connectivity index (χ4n) is 2.29. The van der Waals surface area contributed by atoms with Gasteiger partial charge in [0.15, 0.2) is 0 Å². The minimum Gasteiger partial charge on any atom is -0.352 e. The van der Waals surface area contributed by atoms with Crippen molar-refractivity contribution in [3.63, 3.8) is 0 Å². The normalized spacial score (nSPS) is 11.5. The maximum absolute atomic E-state index is 12.1. The standard InChI is InChI=1S/C15H20N4O3S/c1-10-14(11(2)19(3)18-10)8-15(20)17-9-12-4-6-13(7-5-12)23(16,21)22/h4-7H,8-9H2,1-3H3,(H,17,20)(H2,16,21,22). The van der Waals surface area contributed by atoms with Gasteiger partial charge in [0.05, 0.1) is 17.0 Å². The van der Waals surface area contributed by atoms with Crippen molar-refractivity contribution in [3.05, 3.63) is 46.8 Å². The lowest BCUT2D eigenvalue weighted by Crippen LogP contribution is -2.25. The molecule has 0 spiro atoms. The first-order valence-electron chi connectivity index (χ1n) is 7.06. The molecule has 2 rings (SSSR count). The minimum absolute atomic E-state index is 0.0502. The van der Waals surface area contributed by atoms with E-state index < -0.39 is 10.0 Å². The number of nitrogens with zero attached hydrogens (tertiary/aromatic N) is 2. The van der Waals surface area contributed by atoms with E-state index in [1.54, 1.807) is 16.8 Å². The molecule has 0 aliphatic carbocycles. The lowest BCUT2D eigenvalue weighted by Gasteiger charge is -2.07. The number of hydrogen-bond donors (Lipinski definition) is 2. The molecule has 0 radical (unpaired) electrons. The second kappa shape index (κ2) is 6.51. The number of carbonyl (C=O) groups is 1. The van der Waals surface area contributed by atoms with Crippen molar-refractivity contribution in [2.45, 2.75) is 31.7 Å². The van der Waals surface area contributed by atoms with Crippen LogP contribution in [-0.4, -0.2) is 24.1 Å². The highest BCUT2D eigenvalue weighted by atomic mass is 32.2. The van der Waals surface area contributed by atoms with Crippen molar-refractivity contribution in [1.82, 2.24) is 15.1 Å². The maximum atomic E-state index is 12.1. The Kier molecular flexibility index (Phi) is 4.86. The summed E-state index contributed by atoms with van der Waals surface area (Å²) in [5.41, 5.74) is 3.53.